The largest absolute Gasteiger partial charge is 0.396 e. The Morgan fingerprint density at radius 2 is 1.91 bits per heavy atom. The maximum atomic E-state index is 13.8. The molecule has 1 N–H and O–H groups in total. The number of likely N-dealkylation sites (tertiary alicyclic amines) is 1. The van der Waals surface area contributed by atoms with Crippen molar-refractivity contribution in [2.75, 3.05) is 53.6 Å². The van der Waals surface area contributed by atoms with E-state index in [0.29, 0.717) is 19.6 Å². The molecule has 1 aromatic heterocycles. The highest BCUT2D eigenvalue weighted by atomic mass is 16.5. The molecule has 35 heavy (non-hydrogen) atoms. The first-order valence-corrected chi connectivity index (χ1v) is 12.8. The van der Waals surface area contributed by atoms with Crippen LogP contribution < -0.4 is 5.56 Å². The van der Waals surface area contributed by atoms with E-state index in [1.165, 1.54) is 7.11 Å². The summed E-state index contributed by atoms with van der Waals surface area (Å²) in [5.41, 5.74) is 2.54. The number of nitrogens with zero attached hydrogens (tertiary/aromatic N) is 4. The molecule has 0 saturated carbocycles. The number of methoxy groups -OCH3 is 1. The molecule has 9 heteroatoms. The van der Waals surface area contributed by atoms with E-state index in [0.717, 1.165) is 55.6 Å². The summed E-state index contributed by atoms with van der Waals surface area (Å²) in [6.07, 6.45) is 6.29. The molecule has 0 unspecified atom stereocenters. The SMILES string of the molecule is COCC(=O)N1[C@@H]2c3ccc(C4=CCCCC4)c(=O)n3C[C@@H]2[C@@H](CO)[C@@H]1C(=O)N1CCN(C)CC1. The quantitative estimate of drug-likeness (QED) is 0.662. The van der Waals surface area contributed by atoms with Crippen LogP contribution in [0.4, 0.5) is 0 Å². The van der Waals surface area contributed by atoms with Crippen LogP contribution in [0.5, 0.6) is 0 Å². The summed E-state index contributed by atoms with van der Waals surface area (Å²) in [5, 5.41) is 10.5. The predicted molar refractivity (Wildman–Crippen MR) is 131 cm³/mol. The van der Waals surface area contributed by atoms with Gasteiger partial charge >= 0.3 is 0 Å². The smallest absolute Gasteiger partial charge is 0.258 e. The van der Waals surface area contributed by atoms with Crippen LogP contribution >= 0.6 is 0 Å². The summed E-state index contributed by atoms with van der Waals surface area (Å²) in [7, 11) is 3.49. The molecular weight excluding hydrogens is 448 g/mol. The normalized spacial score (nSPS) is 28.6. The van der Waals surface area contributed by atoms with E-state index < -0.39 is 18.0 Å². The molecule has 0 aromatic carbocycles. The second kappa shape index (κ2) is 9.87. The third-order valence-electron chi connectivity index (χ3n) is 8.34. The topological polar surface area (TPSA) is 95.3 Å². The Balaban J connectivity index is 1.53. The van der Waals surface area contributed by atoms with Gasteiger partial charge in [0.1, 0.15) is 12.6 Å². The minimum Gasteiger partial charge on any atom is -0.396 e. The summed E-state index contributed by atoms with van der Waals surface area (Å²) in [6, 6.07) is 2.64. The Bertz CT molecular complexity index is 1070. The molecule has 5 rings (SSSR count). The van der Waals surface area contributed by atoms with Gasteiger partial charge in [0.2, 0.25) is 11.8 Å². The third-order valence-corrected chi connectivity index (χ3v) is 8.34. The molecule has 9 nitrogen and oxygen atoms in total. The maximum Gasteiger partial charge on any atom is 0.258 e. The number of pyridine rings is 1. The number of aromatic nitrogens is 1. The molecule has 0 radical (unpaired) electrons. The van der Waals surface area contributed by atoms with Crippen LogP contribution in [-0.4, -0.2) is 95.8 Å². The number of carbonyl (C=O) groups excluding carboxylic acids is 2. The van der Waals surface area contributed by atoms with Gasteiger partial charge in [-0.05, 0) is 50.4 Å². The van der Waals surface area contributed by atoms with Crippen LogP contribution in [0.2, 0.25) is 0 Å². The molecule has 1 aliphatic carbocycles. The van der Waals surface area contributed by atoms with Crippen molar-refractivity contribution in [3.05, 3.63) is 39.8 Å². The molecule has 2 saturated heterocycles. The fourth-order valence-corrected chi connectivity index (χ4v) is 6.49. The summed E-state index contributed by atoms with van der Waals surface area (Å²) < 4.78 is 6.94. The summed E-state index contributed by atoms with van der Waals surface area (Å²) in [4.78, 5) is 46.2. The molecule has 2 fully saturated rings. The lowest BCUT2D eigenvalue weighted by Gasteiger charge is -2.38. The summed E-state index contributed by atoms with van der Waals surface area (Å²) in [5.74, 6) is -1.05. The van der Waals surface area contributed by atoms with E-state index in [4.69, 9.17) is 4.74 Å². The van der Waals surface area contributed by atoms with Gasteiger partial charge < -0.3 is 29.1 Å². The molecule has 2 amide bonds. The van der Waals surface area contributed by atoms with E-state index in [-0.39, 0.29) is 36.5 Å². The highest BCUT2D eigenvalue weighted by Gasteiger charge is 2.58. The average Bonchev–Trinajstić information content (AvgIpc) is 3.40. The number of hydrogen-bond acceptors (Lipinski definition) is 6. The van der Waals surface area contributed by atoms with Crippen LogP contribution in [0, 0.1) is 11.8 Å². The van der Waals surface area contributed by atoms with Crippen LogP contribution in [0.3, 0.4) is 0 Å². The Hall–Kier alpha value is -2.49. The van der Waals surface area contributed by atoms with Crippen molar-refractivity contribution in [1.29, 1.82) is 0 Å². The molecule has 4 heterocycles. The summed E-state index contributed by atoms with van der Waals surface area (Å²) in [6.45, 7) is 2.77. The minimum atomic E-state index is -0.759. The zero-order valence-corrected chi connectivity index (χ0v) is 20.7. The highest BCUT2D eigenvalue weighted by molar-refractivity contribution is 5.90. The van der Waals surface area contributed by atoms with Gasteiger partial charge in [-0.2, -0.15) is 0 Å². The van der Waals surface area contributed by atoms with E-state index in [9.17, 15) is 19.5 Å². The number of ether oxygens (including phenoxy) is 1. The lowest BCUT2D eigenvalue weighted by Crippen LogP contribution is -2.56. The van der Waals surface area contributed by atoms with E-state index in [1.54, 1.807) is 9.47 Å². The first-order chi connectivity index (χ1) is 17.0. The zero-order chi connectivity index (χ0) is 24.7. The second-order valence-electron chi connectivity index (χ2n) is 10.3. The van der Waals surface area contributed by atoms with Gasteiger partial charge in [0.25, 0.3) is 5.56 Å². The van der Waals surface area contributed by atoms with Gasteiger partial charge in [0.15, 0.2) is 0 Å². The van der Waals surface area contributed by atoms with Crippen LogP contribution in [-0.2, 0) is 20.9 Å². The van der Waals surface area contributed by atoms with E-state index in [2.05, 4.69) is 11.0 Å². The number of aliphatic hydroxyl groups is 1. The van der Waals surface area contributed by atoms with Gasteiger partial charge in [0, 0.05) is 69.5 Å². The fraction of sp³-hybridized carbons (Fsp3) is 0.654. The van der Waals surface area contributed by atoms with Crippen molar-refractivity contribution in [2.45, 2.75) is 44.3 Å². The lowest BCUT2D eigenvalue weighted by atomic mass is 9.88. The summed E-state index contributed by atoms with van der Waals surface area (Å²) >= 11 is 0. The Labute approximate surface area is 205 Å². The number of allylic oxidation sites excluding steroid dienone is 2. The fourth-order valence-electron chi connectivity index (χ4n) is 6.49. The van der Waals surface area contributed by atoms with Crippen molar-refractivity contribution in [1.82, 2.24) is 19.3 Å². The number of amides is 2. The number of fused-ring (bicyclic) bond motifs is 3. The van der Waals surface area contributed by atoms with Gasteiger partial charge in [0.05, 0.1) is 6.04 Å². The lowest BCUT2D eigenvalue weighted by molar-refractivity contribution is -0.150. The van der Waals surface area contributed by atoms with E-state index in [1.807, 2.05) is 24.1 Å². The number of rotatable bonds is 5. The van der Waals surface area contributed by atoms with Crippen LogP contribution in [0.25, 0.3) is 5.57 Å². The van der Waals surface area contributed by atoms with Crippen molar-refractivity contribution < 1.29 is 19.4 Å². The Kier molecular flexibility index (Phi) is 6.83. The predicted octanol–water partition coefficient (Wildman–Crippen LogP) is 0.716. The first kappa shape index (κ1) is 24.2. The number of carbonyl (C=O) groups is 2. The molecular formula is C26H36N4O5. The van der Waals surface area contributed by atoms with E-state index >= 15 is 0 Å². The van der Waals surface area contributed by atoms with Crippen molar-refractivity contribution >= 4 is 17.4 Å². The number of hydrogen-bond donors (Lipinski definition) is 1. The molecule has 3 aliphatic heterocycles. The first-order valence-electron chi connectivity index (χ1n) is 12.8. The highest BCUT2D eigenvalue weighted by Crippen LogP contribution is 2.49. The molecule has 190 valence electrons. The van der Waals surface area contributed by atoms with Gasteiger partial charge in [-0.3, -0.25) is 14.4 Å². The molecule has 0 spiro atoms. The van der Waals surface area contributed by atoms with Gasteiger partial charge in [-0.1, -0.05) is 6.08 Å². The number of aliphatic hydroxyl groups excluding tert-OH is 1. The number of piperazine rings is 1. The average molecular weight is 485 g/mol. The maximum absolute atomic E-state index is 13.8. The van der Waals surface area contributed by atoms with Crippen molar-refractivity contribution in [2.24, 2.45) is 11.8 Å². The minimum absolute atomic E-state index is 0.0391. The Morgan fingerprint density at radius 3 is 2.57 bits per heavy atom. The molecule has 4 atom stereocenters. The standard InChI is InChI=1S/C26H36N4O5/c1-27-10-12-28(13-11-27)26(34)24-20(15-31)19-14-29-21(23(19)30(24)22(32)16-35-2)9-8-18(25(29)33)17-6-4-3-5-7-17/h6,8-9,19-20,23-24,31H,3-5,7,10-16H2,1-2H3/t19-,20-,23+,24-/m1/s1. The van der Waals surface area contributed by atoms with Crippen LogP contribution in [0.1, 0.15) is 43.0 Å². The molecule has 4 aliphatic rings. The molecule has 1 aromatic rings. The molecule has 0 bridgehead atoms. The van der Waals surface area contributed by atoms with Gasteiger partial charge in [-0.15, -0.1) is 0 Å². The number of likely N-dealkylation sites (N-methyl/N-ethyl adjacent to an activating group) is 1. The van der Waals surface area contributed by atoms with Crippen molar-refractivity contribution in [3.8, 4) is 0 Å². The third kappa shape index (κ3) is 4.13. The monoisotopic (exact) mass is 484 g/mol. The van der Waals surface area contributed by atoms with Crippen molar-refractivity contribution in [3.63, 3.8) is 0 Å². The zero-order valence-electron chi connectivity index (χ0n) is 20.7. The second-order valence-corrected chi connectivity index (χ2v) is 10.3. The van der Waals surface area contributed by atoms with Gasteiger partial charge in [-0.25, -0.2) is 0 Å². The Morgan fingerprint density at radius 1 is 1.14 bits per heavy atom. The van der Waals surface area contributed by atoms with Crippen LogP contribution in [0.15, 0.2) is 23.0 Å².